The third-order valence-electron chi connectivity index (χ3n) is 4.22. The number of carbonyl (C=O) groups excluding carboxylic acids is 1. The Kier molecular flexibility index (Phi) is 6.52. The molecule has 2 rings (SSSR count). The summed E-state index contributed by atoms with van der Waals surface area (Å²) in [6.45, 7) is -2.97. The van der Waals surface area contributed by atoms with Crippen molar-refractivity contribution >= 4 is 11.9 Å². The third kappa shape index (κ3) is 5.18. The van der Waals surface area contributed by atoms with Gasteiger partial charge in [-0.1, -0.05) is 37.5 Å². The molecule has 0 aromatic heterocycles. The van der Waals surface area contributed by atoms with E-state index in [1.54, 1.807) is 18.2 Å². The maximum absolute atomic E-state index is 12.4. The Morgan fingerprint density at radius 2 is 1.92 bits per heavy atom. The number of halogens is 2. The number of nitrogens with one attached hydrogen (secondary N) is 1. The third-order valence-corrected chi connectivity index (χ3v) is 4.22. The van der Waals surface area contributed by atoms with Crippen LogP contribution in [-0.2, 0) is 16.0 Å². The minimum Gasteiger partial charge on any atom is -0.481 e. The number of para-hydroxylation sites is 1. The Labute approximate surface area is 139 Å². The highest BCUT2D eigenvalue weighted by Gasteiger charge is 2.30. The van der Waals surface area contributed by atoms with Gasteiger partial charge in [0.15, 0.2) is 0 Å². The van der Waals surface area contributed by atoms with E-state index in [1.165, 1.54) is 6.07 Å². The molecule has 0 spiro atoms. The number of carboxylic acids is 1. The summed E-state index contributed by atoms with van der Waals surface area (Å²) in [5.41, 5.74) is 0.343. The van der Waals surface area contributed by atoms with Gasteiger partial charge < -0.3 is 15.2 Å². The minimum absolute atomic E-state index is 0.0432. The van der Waals surface area contributed by atoms with Gasteiger partial charge in [0.25, 0.3) is 0 Å². The number of amides is 1. The van der Waals surface area contributed by atoms with Crippen LogP contribution in [0.25, 0.3) is 0 Å². The van der Waals surface area contributed by atoms with Crippen LogP contribution >= 0.6 is 0 Å². The number of ether oxygens (including phenoxy) is 1. The van der Waals surface area contributed by atoms with Crippen LogP contribution in [0.2, 0.25) is 0 Å². The predicted octanol–water partition coefficient (Wildman–Crippen LogP) is 2.98. The molecule has 1 aliphatic carbocycles. The Balaban J connectivity index is 2.03. The molecule has 1 saturated carbocycles. The van der Waals surface area contributed by atoms with E-state index in [0.717, 1.165) is 19.3 Å². The molecule has 0 heterocycles. The summed E-state index contributed by atoms with van der Waals surface area (Å²) >= 11 is 0. The van der Waals surface area contributed by atoms with Gasteiger partial charge in [-0.25, -0.2) is 0 Å². The van der Waals surface area contributed by atoms with Crippen LogP contribution in [0.3, 0.4) is 0 Å². The maximum Gasteiger partial charge on any atom is 0.387 e. The smallest absolute Gasteiger partial charge is 0.387 e. The van der Waals surface area contributed by atoms with E-state index in [9.17, 15) is 23.5 Å². The fourth-order valence-corrected chi connectivity index (χ4v) is 3.07. The zero-order valence-corrected chi connectivity index (χ0v) is 13.2. The topological polar surface area (TPSA) is 75.6 Å². The monoisotopic (exact) mass is 341 g/mol. The van der Waals surface area contributed by atoms with Gasteiger partial charge in [0.05, 0.1) is 12.3 Å². The Hall–Kier alpha value is -2.18. The Morgan fingerprint density at radius 1 is 1.21 bits per heavy atom. The number of rotatable bonds is 6. The largest absolute Gasteiger partial charge is 0.481 e. The minimum atomic E-state index is -2.97. The van der Waals surface area contributed by atoms with E-state index in [2.05, 4.69) is 10.1 Å². The van der Waals surface area contributed by atoms with Crippen LogP contribution in [0.4, 0.5) is 8.78 Å². The molecule has 1 aliphatic rings. The molecule has 1 aromatic carbocycles. The summed E-state index contributed by atoms with van der Waals surface area (Å²) in [6.07, 6.45) is 3.64. The zero-order valence-electron chi connectivity index (χ0n) is 13.2. The highest BCUT2D eigenvalue weighted by molar-refractivity contribution is 5.80. The van der Waals surface area contributed by atoms with Crippen molar-refractivity contribution in [2.24, 2.45) is 5.92 Å². The summed E-state index contributed by atoms with van der Waals surface area (Å²) in [4.78, 5) is 23.6. The van der Waals surface area contributed by atoms with Crippen molar-refractivity contribution in [3.05, 3.63) is 29.8 Å². The van der Waals surface area contributed by atoms with Gasteiger partial charge in [-0.3, -0.25) is 9.59 Å². The number of aliphatic carboxylic acids is 1. The van der Waals surface area contributed by atoms with Crippen LogP contribution in [0.1, 0.15) is 37.7 Å². The van der Waals surface area contributed by atoms with Crippen molar-refractivity contribution in [2.45, 2.75) is 51.2 Å². The second-order valence-electron chi connectivity index (χ2n) is 5.92. The van der Waals surface area contributed by atoms with Crippen LogP contribution in [0, 0.1) is 5.92 Å². The Bertz CT molecular complexity index is 579. The number of alkyl halides is 2. The van der Waals surface area contributed by atoms with E-state index in [1.807, 2.05) is 0 Å². The van der Waals surface area contributed by atoms with Gasteiger partial charge in [0.2, 0.25) is 5.91 Å². The molecular weight excluding hydrogens is 320 g/mol. The van der Waals surface area contributed by atoms with E-state index < -0.39 is 30.4 Å². The molecule has 0 radical (unpaired) electrons. The van der Waals surface area contributed by atoms with Crippen molar-refractivity contribution in [1.82, 2.24) is 5.32 Å². The second kappa shape index (κ2) is 8.61. The van der Waals surface area contributed by atoms with Gasteiger partial charge in [-0.15, -0.1) is 0 Å². The van der Waals surface area contributed by atoms with Crippen LogP contribution < -0.4 is 10.1 Å². The van der Waals surface area contributed by atoms with E-state index in [0.29, 0.717) is 18.4 Å². The standard InChI is InChI=1S/C17H21F2NO4/c18-17(19)24-14-9-5-4-6-11(14)10-15(21)20-13-8-3-1-2-7-12(13)16(22)23/h4-6,9,12-13,17H,1-3,7-8,10H2,(H,20,21)(H,22,23)/t12-,13+/m1/s1. The molecule has 1 aromatic rings. The van der Waals surface area contributed by atoms with Crippen LogP contribution in [0.5, 0.6) is 5.75 Å². The lowest BCUT2D eigenvalue weighted by atomic mass is 9.94. The van der Waals surface area contributed by atoms with Crippen molar-refractivity contribution in [3.63, 3.8) is 0 Å². The number of carboxylic acid groups (broad SMARTS) is 1. The summed E-state index contributed by atoms with van der Waals surface area (Å²) in [7, 11) is 0. The lowest BCUT2D eigenvalue weighted by molar-refractivity contribution is -0.143. The predicted molar refractivity (Wildman–Crippen MR) is 82.9 cm³/mol. The SMILES string of the molecule is O=C(Cc1ccccc1OC(F)F)N[C@H]1CCCCC[C@H]1C(=O)O. The van der Waals surface area contributed by atoms with Gasteiger partial charge in [-0.2, -0.15) is 8.78 Å². The molecule has 1 fully saturated rings. The molecule has 2 N–H and O–H groups in total. The fourth-order valence-electron chi connectivity index (χ4n) is 3.07. The first kappa shape index (κ1) is 18.2. The molecule has 2 atom stereocenters. The molecular formula is C17H21F2NO4. The van der Waals surface area contributed by atoms with Gasteiger partial charge in [0.1, 0.15) is 5.75 Å². The molecule has 0 unspecified atom stereocenters. The maximum atomic E-state index is 12.4. The number of hydrogen-bond acceptors (Lipinski definition) is 3. The second-order valence-corrected chi connectivity index (χ2v) is 5.92. The first-order valence-corrected chi connectivity index (χ1v) is 8.02. The highest BCUT2D eigenvalue weighted by atomic mass is 19.3. The average Bonchev–Trinajstić information content (AvgIpc) is 2.74. The molecule has 5 nitrogen and oxygen atoms in total. The van der Waals surface area contributed by atoms with E-state index in [-0.39, 0.29) is 12.2 Å². The molecule has 0 bridgehead atoms. The normalized spacial score (nSPS) is 21.1. The first-order chi connectivity index (χ1) is 11.5. The molecule has 0 saturated heterocycles. The van der Waals surface area contributed by atoms with Crippen molar-refractivity contribution < 1.29 is 28.2 Å². The quantitative estimate of drug-likeness (QED) is 0.780. The summed E-state index contributed by atoms with van der Waals surface area (Å²) in [6, 6.07) is 5.66. The van der Waals surface area contributed by atoms with E-state index in [4.69, 9.17) is 0 Å². The van der Waals surface area contributed by atoms with Crippen LogP contribution in [-0.4, -0.2) is 29.6 Å². The Morgan fingerprint density at radius 3 is 2.62 bits per heavy atom. The lowest BCUT2D eigenvalue weighted by Gasteiger charge is -2.23. The summed E-state index contributed by atoms with van der Waals surface area (Å²) < 4.78 is 29.2. The van der Waals surface area contributed by atoms with Crippen molar-refractivity contribution in [3.8, 4) is 5.75 Å². The van der Waals surface area contributed by atoms with Crippen molar-refractivity contribution in [2.75, 3.05) is 0 Å². The molecule has 0 aliphatic heterocycles. The van der Waals surface area contributed by atoms with Crippen LogP contribution in [0.15, 0.2) is 24.3 Å². The molecule has 1 amide bonds. The first-order valence-electron chi connectivity index (χ1n) is 8.02. The highest BCUT2D eigenvalue weighted by Crippen LogP contribution is 2.25. The molecule has 24 heavy (non-hydrogen) atoms. The van der Waals surface area contributed by atoms with Gasteiger partial charge >= 0.3 is 12.6 Å². The zero-order chi connectivity index (χ0) is 17.5. The lowest BCUT2D eigenvalue weighted by Crippen LogP contribution is -2.43. The van der Waals surface area contributed by atoms with Gasteiger partial charge in [-0.05, 0) is 18.9 Å². The van der Waals surface area contributed by atoms with Gasteiger partial charge in [0, 0.05) is 11.6 Å². The summed E-state index contributed by atoms with van der Waals surface area (Å²) in [5, 5.41) is 12.1. The van der Waals surface area contributed by atoms with E-state index >= 15 is 0 Å². The van der Waals surface area contributed by atoms with Crippen molar-refractivity contribution in [1.29, 1.82) is 0 Å². The summed E-state index contributed by atoms with van der Waals surface area (Å²) in [5.74, 6) is -1.95. The number of carbonyl (C=O) groups is 2. The number of benzene rings is 1. The average molecular weight is 341 g/mol. The molecule has 132 valence electrons. The molecule has 7 heteroatoms. The number of hydrogen-bond donors (Lipinski definition) is 2. The fraction of sp³-hybridized carbons (Fsp3) is 0.529.